The first-order chi connectivity index (χ1) is 15.1. The summed E-state index contributed by atoms with van der Waals surface area (Å²) in [4.78, 5) is 30.2. The van der Waals surface area contributed by atoms with Crippen LogP contribution >= 0.6 is 23.1 Å². The fourth-order valence-electron chi connectivity index (χ4n) is 3.02. The first kappa shape index (κ1) is 23.3. The molecule has 1 aromatic carbocycles. The van der Waals surface area contributed by atoms with E-state index in [1.807, 2.05) is 30.5 Å². The third kappa shape index (κ3) is 6.56. The Kier molecular flexibility index (Phi) is 8.93. The van der Waals surface area contributed by atoms with Gasteiger partial charge < -0.3 is 19.4 Å². The van der Waals surface area contributed by atoms with Crippen LogP contribution in [0.3, 0.4) is 0 Å². The number of benzene rings is 1. The van der Waals surface area contributed by atoms with Gasteiger partial charge in [-0.25, -0.2) is 9.78 Å². The molecule has 1 amide bonds. The Bertz CT molecular complexity index is 1000. The van der Waals surface area contributed by atoms with Crippen LogP contribution in [0.15, 0.2) is 40.9 Å². The fraction of sp³-hybridized carbons (Fsp3) is 0.409. The van der Waals surface area contributed by atoms with Gasteiger partial charge >= 0.3 is 5.97 Å². The number of carbonyl (C=O) groups excluding carboxylic acids is 2. The largest absolute Gasteiger partial charge is 0.462 e. The highest BCUT2D eigenvalue weighted by atomic mass is 32.2. The smallest absolute Gasteiger partial charge is 0.338 e. The Morgan fingerprint density at radius 1 is 1.23 bits per heavy atom. The van der Waals surface area contributed by atoms with Crippen molar-refractivity contribution in [1.82, 2.24) is 14.9 Å². The fourth-order valence-corrected chi connectivity index (χ4v) is 4.54. The molecule has 3 aromatic rings. The lowest BCUT2D eigenvalue weighted by Crippen LogP contribution is -2.24. The summed E-state index contributed by atoms with van der Waals surface area (Å²) in [6.45, 7) is 6.66. The molecule has 0 unspecified atom stereocenters. The molecule has 0 bridgehead atoms. The highest BCUT2D eigenvalue weighted by molar-refractivity contribution is 7.99. The Morgan fingerprint density at radius 2 is 2.10 bits per heavy atom. The van der Waals surface area contributed by atoms with Crippen molar-refractivity contribution in [3.63, 3.8) is 0 Å². The van der Waals surface area contributed by atoms with Gasteiger partial charge in [-0.3, -0.25) is 4.79 Å². The van der Waals surface area contributed by atoms with Crippen LogP contribution < -0.4 is 5.32 Å². The maximum Gasteiger partial charge on any atom is 0.338 e. The third-order valence-electron chi connectivity index (χ3n) is 4.47. The molecule has 0 radical (unpaired) electrons. The van der Waals surface area contributed by atoms with Gasteiger partial charge in [0.05, 0.1) is 35.5 Å². The number of hydrogen-bond donors (Lipinski definition) is 1. The number of nitrogens with one attached hydrogen (secondary N) is 1. The minimum absolute atomic E-state index is 0.0430. The van der Waals surface area contributed by atoms with Gasteiger partial charge in [0.15, 0.2) is 5.16 Å². The molecule has 0 saturated heterocycles. The molecule has 0 aliphatic rings. The number of thioether (sulfide) groups is 1. The van der Waals surface area contributed by atoms with Crippen molar-refractivity contribution in [1.29, 1.82) is 0 Å². The molecule has 0 atom stereocenters. The summed E-state index contributed by atoms with van der Waals surface area (Å²) in [6, 6.07) is 9.35. The van der Waals surface area contributed by atoms with E-state index < -0.39 is 0 Å². The number of esters is 1. The lowest BCUT2D eigenvalue weighted by Gasteiger charge is -2.09. The quantitative estimate of drug-likeness (QED) is 0.248. The number of fused-ring (bicyclic) bond motifs is 1. The van der Waals surface area contributed by atoms with Crippen LogP contribution in [0.25, 0.3) is 11.0 Å². The summed E-state index contributed by atoms with van der Waals surface area (Å²) in [6.07, 6.45) is 0.830. The van der Waals surface area contributed by atoms with Gasteiger partial charge in [-0.05, 0) is 49.9 Å². The van der Waals surface area contributed by atoms with Gasteiger partial charge in [0.1, 0.15) is 0 Å². The average Bonchev–Trinajstić information content (AvgIpc) is 3.41. The van der Waals surface area contributed by atoms with E-state index in [-0.39, 0.29) is 17.6 Å². The summed E-state index contributed by atoms with van der Waals surface area (Å²) in [5.41, 5.74) is 2.10. The number of rotatable bonds is 12. The lowest BCUT2D eigenvalue weighted by molar-refractivity contribution is -0.118. The van der Waals surface area contributed by atoms with E-state index in [1.54, 1.807) is 30.4 Å². The first-order valence-corrected chi connectivity index (χ1v) is 12.2. The number of imidazole rings is 1. The summed E-state index contributed by atoms with van der Waals surface area (Å²) >= 11 is 3.01. The van der Waals surface area contributed by atoms with Crippen molar-refractivity contribution in [2.45, 2.75) is 38.5 Å². The molecule has 31 heavy (non-hydrogen) atoms. The van der Waals surface area contributed by atoms with Gasteiger partial charge in [-0.2, -0.15) is 0 Å². The number of amides is 1. The summed E-state index contributed by atoms with van der Waals surface area (Å²) in [7, 11) is 0. The van der Waals surface area contributed by atoms with Crippen molar-refractivity contribution in [3.8, 4) is 0 Å². The van der Waals surface area contributed by atoms with Crippen LogP contribution in [0.1, 0.15) is 35.5 Å². The van der Waals surface area contributed by atoms with E-state index in [1.165, 1.54) is 11.8 Å². The van der Waals surface area contributed by atoms with Gasteiger partial charge in [-0.15, -0.1) is 11.3 Å². The molecule has 0 spiro atoms. The Labute approximate surface area is 190 Å². The second-order valence-electron chi connectivity index (χ2n) is 6.67. The highest BCUT2D eigenvalue weighted by Crippen LogP contribution is 2.26. The molecule has 9 heteroatoms. The van der Waals surface area contributed by atoms with Crippen LogP contribution in [0, 0.1) is 0 Å². The van der Waals surface area contributed by atoms with Crippen molar-refractivity contribution in [2.75, 3.05) is 25.6 Å². The normalized spacial score (nSPS) is 11.0. The number of aryl methyl sites for hydroxylation is 1. The molecule has 0 saturated carbocycles. The van der Waals surface area contributed by atoms with Crippen LogP contribution in [0.5, 0.6) is 0 Å². The predicted octanol–water partition coefficient (Wildman–Crippen LogP) is 4.11. The van der Waals surface area contributed by atoms with E-state index in [2.05, 4.69) is 9.88 Å². The maximum absolute atomic E-state index is 12.3. The van der Waals surface area contributed by atoms with E-state index in [0.29, 0.717) is 44.0 Å². The van der Waals surface area contributed by atoms with E-state index in [9.17, 15) is 9.59 Å². The first-order valence-electron chi connectivity index (χ1n) is 10.3. The molecule has 1 N–H and O–H groups in total. The summed E-state index contributed by atoms with van der Waals surface area (Å²) in [5.74, 6) is -0.138. The number of nitrogens with zero attached hydrogens (tertiary/aromatic N) is 2. The zero-order chi connectivity index (χ0) is 22.1. The Hall–Kier alpha value is -2.36. The number of thiophene rings is 1. The van der Waals surface area contributed by atoms with Crippen molar-refractivity contribution >= 4 is 46.0 Å². The van der Waals surface area contributed by atoms with Gasteiger partial charge in [0, 0.05) is 24.6 Å². The van der Waals surface area contributed by atoms with Crippen LogP contribution in [0.2, 0.25) is 0 Å². The highest BCUT2D eigenvalue weighted by Gasteiger charge is 2.16. The molecule has 166 valence electrons. The zero-order valence-electron chi connectivity index (χ0n) is 17.8. The molecule has 0 fully saturated rings. The molecule has 0 aliphatic carbocycles. The van der Waals surface area contributed by atoms with Crippen molar-refractivity contribution < 1.29 is 19.1 Å². The lowest BCUT2D eigenvalue weighted by atomic mass is 10.2. The van der Waals surface area contributed by atoms with E-state index in [0.717, 1.165) is 22.0 Å². The minimum Gasteiger partial charge on any atom is -0.462 e. The topological polar surface area (TPSA) is 82.5 Å². The average molecular weight is 462 g/mol. The van der Waals surface area contributed by atoms with Crippen LogP contribution in [-0.4, -0.2) is 47.0 Å². The molecular weight excluding hydrogens is 434 g/mol. The van der Waals surface area contributed by atoms with Crippen molar-refractivity contribution in [2.24, 2.45) is 0 Å². The zero-order valence-corrected chi connectivity index (χ0v) is 19.4. The van der Waals surface area contributed by atoms with Crippen molar-refractivity contribution in [3.05, 3.63) is 46.2 Å². The predicted molar refractivity (Wildman–Crippen MR) is 124 cm³/mol. The van der Waals surface area contributed by atoms with Gasteiger partial charge in [0.2, 0.25) is 5.91 Å². The molecule has 0 aliphatic heterocycles. The Balaban J connectivity index is 1.73. The molecule has 2 aromatic heterocycles. The number of hydrogen-bond acceptors (Lipinski definition) is 7. The molecule has 7 nitrogen and oxygen atoms in total. The third-order valence-corrected chi connectivity index (χ3v) is 6.32. The summed E-state index contributed by atoms with van der Waals surface area (Å²) in [5, 5.41) is 5.68. The van der Waals surface area contributed by atoms with E-state index >= 15 is 0 Å². The second kappa shape index (κ2) is 11.9. The monoisotopic (exact) mass is 461 g/mol. The number of ether oxygens (including phenoxy) is 2. The van der Waals surface area contributed by atoms with E-state index in [4.69, 9.17) is 14.5 Å². The van der Waals surface area contributed by atoms with Gasteiger partial charge in [0.25, 0.3) is 0 Å². The summed E-state index contributed by atoms with van der Waals surface area (Å²) < 4.78 is 12.6. The minimum atomic E-state index is -0.363. The standard InChI is InChI=1S/C22H27N3O4S2/c1-3-28-11-6-10-25-19-9-8-16(21(27)29-4-2)13-18(19)24-22(25)31-15-20(26)23-14-17-7-5-12-30-17/h5,7-9,12-13H,3-4,6,10-11,14-15H2,1-2H3,(H,23,26). The van der Waals surface area contributed by atoms with Crippen LogP contribution in [0.4, 0.5) is 0 Å². The molecule has 3 rings (SSSR count). The second-order valence-corrected chi connectivity index (χ2v) is 8.64. The SMILES string of the molecule is CCOCCCn1c(SCC(=O)NCc2cccs2)nc2cc(C(=O)OCC)ccc21. The van der Waals surface area contributed by atoms with Crippen LogP contribution in [-0.2, 0) is 27.4 Å². The van der Waals surface area contributed by atoms with Gasteiger partial charge in [-0.1, -0.05) is 17.8 Å². The Morgan fingerprint density at radius 3 is 2.84 bits per heavy atom. The molecule has 2 heterocycles. The number of aromatic nitrogens is 2. The number of carbonyl (C=O) groups is 2. The molecular formula is C22H27N3O4S2. The maximum atomic E-state index is 12.3.